The fraction of sp³-hybridized carbons (Fsp3) is 0.705. The van der Waals surface area contributed by atoms with Gasteiger partial charge in [0.05, 0.1) is 14.2 Å². The van der Waals surface area contributed by atoms with Gasteiger partial charge in [-0.05, 0) is 134 Å². The predicted molar refractivity (Wildman–Crippen MR) is 220 cm³/mol. The number of nitrogens with zero attached hydrogens (tertiary/aromatic N) is 5. The number of unbranched alkanes of at least 4 members (excludes halogenated alkanes) is 6. The monoisotopic (exact) mass is 782 g/mol. The van der Waals surface area contributed by atoms with E-state index in [1.54, 1.807) is 19.0 Å². The summed E-state index contributed by atoms with van der Waals surface area (Å²) in [5, 5.41) is 2.57. The molecule has 2 aliphatic heterocycles. The molecular formula is C44H71N5O7. The molecule has 3 amide bonds. The number of amides is 3. The van der Waals surface area contributed by atoms with Crippen molar-refractivity contribution >= 4 is 23.7 Å². The highest BCUT2D eigenvalue weighted by molar-refractivity contribution is 5.88. The number of fused-ring (bicyclic) bond motifs is 2. The summed E-state index contributed by atoms with van der Waals surface area (Å²) in [6.07, 6.45) is 20.3. The molecule has 1 fully saturated rings. The van der Waals surface area contributed by atoms with Crippen LogP contribution in [0.4, 0.5) is 10.6 Å². The number of aromatic nitrogens is 2. The second kappa shape index (κ2) is 25.6. The minimum atomic E-state index is -0.522. The van der Waals surface area contributed by atoms with Gasteiger partial charge in [0, 0.05) is 63.8 Å². The molecule has 0 N–H and O–H groups in total. The quantitative estimate of drug-likeness (QED) is 0.122. The zero-order chi connectivity index (χ0) is 40.8. The van der Waals surface area contributed by atoms with E-state index < -0.39 is 5.60 Å². The first kappa shape index (κ1) is 46.8. The van der Waals surface area contributed by atoms with E-state index in [1.807, 2.05) is 20.8 Å². The maximum atomic E-state index is 12.6. The Labute approximate surface area is 336 Å². The number of ether oxygens (including phenoxy) is 2. The number of hydrogen-bond donors (Lipinski definition) is 0. The van der Waals surface area contributed by atoms with Gasteiger partial charge in [-0.15, -0.1) is 0 Å². The maximum Gasteiger partial charge on any atom is 0.416 e. The van der Waals surface area contributed by atoms with E-state index in [-0.39, 0.29) is 17.9 Å². The predicted octanol–water partition coefficient (Wildman–Crippen LogP) is 8.55. The molecule has 2 aromatic heterocycles. The van der Waals surface area contributed by atoms with Gasteiger partial charge < -0.3 is 9.47 Å². The Balaban J connectivity index is 0.000000273. The third kappa shape index (κ3) is 17.7. The highest BCUT2D eigenvalue weighted by Crippen LogP contribution is 2.28. The van der Waals surface area contributed by atoms with E-state index in [9.17, 15) is 14.4 Å². The third-order valence-electron chi connectivity index (χ3n) is 10.2. The van der Waals surface area contributed by atoms with Gasteiger partial charge in [-0.25, -0.2) is 19.9 Å². The number of carbonyl (C=O) groups is 3. The molecule has 2 aromatic rings. The highest BCUT2D eigenvalue weighted by Gasteiger charge is 2.28. The zero-order valence-electron chi connectivity index (χ0n) is 35.7. The molecule has 56 heavy (non-hydrogen) atoms. The fourth-order valence-corrected chi connectivity index (χ4v) is 6.78. The van der Waals surface area contributed by atoms with Crippen molar-refractivity contribution in [3.63, 3.8) is 0 Å². The molecular weight excluding hydrogens is 711 g/mol. The Kier molecular flexibility index (Phi) is 21.4. The lowest BCUT2D eigenvalue weighted by atomic mass is 9.95. The minimum Gasteiger partial charge on any atom is -0.443 e. The molecule has 0 unspecified atom stereocenters. The summed E-state index contributed by atoms with van der Waals surface area (Å²) in [6.45, 7) is 8.27. The summed E-state index contributed by atoms with van der Waals surface area (Å²) >= 11 is 0. The number of hydroxylamine groups is 4. The first-order valence-corrected chi connectivity index (χ1v) is 21.1. The van der Waals surface area contributed by atoms with Crippen molar-refractivity contribution in [1.29, 1.82) is 0 Å². The van der Waals surface area contributed by atoms with Gasteiger partial charge >= 0.3 is 6.09 Å². The van der Waals surface area contributed by atoms with Crippen LogP contribution < -0.4 is 4.90 Å². The van der Waals surface area contributed by atoms with Crippen molar-refractivity contribution in [3.05, 3.63) is 52.5 Å². The van der Waals surface area contributed by atoms with Crippen LogP contribution in [0.25, 0.3) is 0 Å². The first-order valence-electron chi connectivity index (χ1n) is 21.1. The highest BCUT2D eigenvalue weighted by atomic mass is 16.7. The third-order valence-corrected chi connectivity index (χ3v) is 10.2. The second-order valence-electron chi connectivity index (χ2n) is 15.9. The number of aryl methyl sites for hydroxylation is 5. The lowest BCUT2D eigenvalue weighted by Crippen LogP contribution is -2.40. The van der Waals surface area contributed by atoms with Crippen LogP contribution >= 0.6 is 0 Å². The molecule has 1 aliphatic carbocycles. The SMILES string of the molecule is C1CCOC1.CON(C)C(=O)CCCCCCc1ccc2c(n1)CCCC2.CON(C)C(=O)CCCCCCc1ccc2c(n1)N(C(=O)OC(C)(C)C)CCC2. The molecule has 0 aromatic carbocycles. The molecule has 12 heteroatoms. The van der Waals surface area contributed by atoms with E-state index in [2.05, 4.69) is 24.3 Å². The summed E-state index contributed by atoms with van der Waals surface area (Å²) in [5.74, 6) is 0.807. The number of pyridine rings is 2. The largest absolute Gasteiger partial charge is 0.443 e. The topological polar surface area (TPSA) is 124 Å². The Morgan fingerprint density at radius 2 is 1.20 bits per heavy atom. The Morgan fingerprint density at radius 1 is 0.679 bits per heavy atom. The molecule has 3 aliphatic rings. The zero-order valence-corrected chi connectivity index (χ0v) is 35.7. The number of carbonyl (C=O) groups excluding carboxylic acids is 3. The van der Waals surface area contributed by atoms with E-state index in [0.29, 0.717) is 19.4 Å². The van der Waals surface area contributed by atoms with Crippen LogP contribution in [0.2, 0.25) is 0 Å². The van der Waals surface area contributed by atoms with Gasteiger partial charge in [0.15, 0.2) is 0 Å². The van der Waals surface area contributed by atoms with Crippen LogP contribution in [0.5, 0.6) is 0 Å². The van der Waals surface area contributed by atoms with E-state index in [1.165, 1.54) is 73.4 Å². The van der Waals surface area contributed by atoms with E-state index in [0.717, 1.165) is 114 Å². The average molecular weight is 782 g/mol. The van der Waals surface area contributed by atoms with Crippen LogP contribution in [0.15, 0.2) is 24.3 Å². The Hall–Kier alpha value is -3.61. The van der Waals surface area contributed by atoms with Crippen LogP contribution in [0, 0.1) is 0 Å². The number of hydrogen-bond acceptors (Lipinski definition) is 9. The van der Waals surface area contributed by atoms with Crippen molar-refractivity contribution in [2.45, 2.75) is 155 Å². The summed E-state index contributed by atoms with van der Waals surface area (Å²) < 4.78 is 10.5. The number of rotatable bonds is 16. The lowest BCUT2D eigenvalue weighted by Gasteiger charge is -2.31. The van der Waals surface area contributed by atoms with Gasteiger partial charge in [0.1, 0.15) is 11.4 Å². The first-order chi connectivity index (χ1) is 26.9. The van der Waals surface area contributed by atoms with Gasteiger partial charge in [-0.3, -0.25) is 29.1 Å². The fourth-order valence-electron chi connectivity index (χ4n) is 6.78. The normalized spacial score (nSPS) is 14.7. The number of anilines is 1. The molecule has 0 atom stereocenters. The van der Waals surface area contributed by atoms with Crippen LogP contribution in [0.1, 0.15) is 145 Å². The maximum absolute atomic E-state index is 12.6. The van der Waals surface area contributed by atoms with Crippen molar-refractivity contribution in [3.8, 4) is 0 Å². The van der Waals surface area contributed by atoms with Crippen LogP contribution in [-0.4, -0.2) is 91.7 Å². The van der Waals surface area contributed by atoms with E-state index in [4.69, 9.17) is 29.1 Å². The second-order valence-corrected chi connectivity index (χ2v) is 15.9. The van der Waals surface area contributed by atoms with Crippen molar-refractivity contribution in [2.75, 3.05) is 53.0 Å². The molecule has 0 saturated carbocycles. The van der Waals surface area contributed by atoms with Gasteiger partial charge in [0.25, 0.3) is 0 Å². The molecule has 0 bridgehead atoms. The Morgan fingerprint density at radius 3 is 1.73 bits per heavy atom. The van der Waals surface area contributed by atoms with Gasteiger partial charge in [0.2, 0.25) is 11.8 Å². The lowest BCUT2D eigenvalue weighted by molar-refractivity contribution is -0.169. The summed E-state index contributed by atoms with van der Waals surface area (Å²) in [5.41, 5.74) is 5.59. The molecule has 4 heterocycles. The molecule has 1 saturated heterocycles. The summed E-state index contributed by atoms with van der Waals surface area (Å²) in [6, 6.07) is 8.62. The van der Waals surface area contributed by atoms with Crippen LogP contribution in [-0.2, 0) is 60.8 Å². The van der Waals surface area contributed by atoms with Crippen molar-refractivity contribution < 1.29 is 33.5 Å². The van der Waals surface area contributed by atoms with Gasteiger partial charge in [-0.1, -0.05) is 37.8 Å². The van der Waals surface area contributed by atoms with Crippen molar-refractivity contribution in [2.24, 2.45) is 0 Å². The van der Waals surface area contributed by atoms with Crippen LogP contribution in [0.3, 0.4) is 0 Å². The molecule has 0 spiro atoms. The summed E-state index contributed by atoms with van der Waals surface area (Å²) in [4.78, 5) is 56.8. The Bertz CT molecular complexity index is 1470. The van der Waals surface area contributed by atoms with Gasteiger partial charge in [-0.2, -0.15) is 0 Å². The molecule has 12 nitrogen and oxygen atoms in total. The average Bonchev–Trinajstić information content (AvgIpc) is 3.79. The molecule has 5 rings (SSSR count). The standard InChI is InChI=1S/C22H35N3O4.C18H28N2O2.C4H8O/c1-22(2,3)29-21(27)25-16-10-11-17-14-15-18(23-20(17)25)12-8-6-7-9-13-19(26)24(4)28-5;1-20(22-2)18(21)12-6-4-3-5-10-16-14-13-15-9-7-8-11-17(15)19-16;1-2-4-5-3-1/h14-15H,6-13,16H2,1-5H3;13-14H,3-12H2,1-2H3;1-4H2. The van der Waals surface area contributed by atoms with Crippen molar-refractivity contribution in [1.82, 2.24) is 20.1 Å². The summed E-state index contributed by atoms with van der Waals surface area (Å²) in [7, 11) is 6.30. The van der Waals surface area contributed by atoms with E-state index >= 15 is 0 Å². The molecule has 0 radical (unpaired) electrons. The smallest absolute Gasteiger partial charge is 0.416 e. The molecule has 314 valence electrons. The minimum absolute atomic E-state index is 0.00564.